The standard InChI is InChI=1S/C16H23Cl2NO/c1-20-10-9-19-12-16(7-3-2-4-8-16)14-6-5-13(17)11-15(14)18/h5-6,11,19H,2-4,7-10,12H2,1H3. The molecule has 2 nitrogen and oxygen atoms in total. The molecule has 0 aromatic heterocycles. The summed E-state index contributed by atoms with van der Waals surface area (Å²) < 4.78 is 5.10. The van der Waals surface area contributed by atoms with Crippen molar-refractivity contribution in [3.05, 3.63) is 33.8 Å². The van der Waals surface area contributed by atoms with Gasteiger partial charge in [-0.25, -0.2) is 0 Å². The van der Waals surface area contributed by atoms with Gasteiger partial charge in [-0.2, -0.15) is 0 Å². The van der Waals surface area contributed by atoms with E-state index in [1.165, 1.54) is 37.7 Å². The van der Waals surface area contributed by atoms with E-state index in [2.05, 4.69) is 11.4 Å². The molecule has 0 atom stereocenters. The topological polar surface area (TPSA) is 21.3 Å². The van der Waals surface area contributed by atoms with Crippen LogP contribution >= 0.6 is 23.2 Å². The molecule has 2 rings (SSSR count). The zero-order chi connectivity index (χ0) is 14.4. The van der Waals surface area contributed by atoms with Crippen molar-refractivity contribution in [2.24, 2.45) is 0 Å². The van der Waals surface area contributed by atoms with Crippen LogP contribution < -0.4 is 5.32 Å². The van der Waals surface area contributed by atoms with Gasteiger partial charge in [0.15, 0.2) is 0 Å². The summed E-state index contributed by atoms with van der Waals surface area (Å²) in [6.07, 6.45) is 6.24. The molecule has 112 valence electrons. The van der Waals surface area contributed by atoms with Gasteiger partial charge in [-0.3, -0.25) is 0 Å². The molecule has 1 aromatic carbocycles. The van der Waals surface area contributed by atoms with Crippen LogP contribution in [0.15, 0.2) is 18.2 Å². The SMILES string of the molecule is COCCNCC1(c2ccc(Cl)cc2Cl)CCCCC1. The van der Waals surface area contributed by atoms with Crippen molar-refractivity contribution < 1.29 is 4.74 Å². The third kappa shape index (κ3) is 3.88. The highest BCUT2D eigenvalue weighted by Crippen LogP contribution is 2.42. The number of methoxy groups -OCH3 is 1. The molecule has 0 saturated heterocycles. The van der Waals surface area contributed by atoms with Crippen LogP contribution in [0.3, 0.4) is 0 Å². The van der Waals surface area contributed by atoms with Crippen molar-refractivity contribution in [1.82, 2.24) is 5.32 Å². The summed E-state index contributed by atoms with van der Waals surface area (Å²) in [5.41, 5.74) is 1.39. The van der Waals surface area contributed by atoms with E-state index in [0.717, 1.165) is 24.7 Å². The summed E-state index contributed by atoms with van der Waals surface area (Å²) in [7, 11) is 1.73. The van der Waals surface area contributed by atoms with E-state index in [0.29, 0.717) is 5.02 Å². The maximum Gasteiger partial charge on any atom is 0.0587 e. The normalized spacial score (nSPS) is 18.1. The van der Waals surface area contributed by atoms with Gasteiger partial charge in [-0.1, -0.05) is 48.5 Å². The number of benzene rings is 1. The zero-order valence-corrected chi connectivity index (χ0v) is 13.6. The molecule has 4 heteroatoms. The van der Waals surface area contributed by atoms with Crippen molar-refractivity contribution in [1.29, 1.82) is 0 Å². The van der Waals surface area contributed by atoms with Crippen LogP contribution in [0, 0.1) is 0 Å². The maximum atomic E-state index is 6.46. The predicted octanol–water partition coefficient (Wildman–Crippen LogP) is 4.43. The molecular formula is C16H23Cl2NO. The van der Waals surface area contributed by atoms with E-state index in [4.69, 9.17) is 27.9 Å². The number of hydrogen-bond acceptors (Lipinski definition) is 2. The summed E-state index contributed by atoms with van der Waals surface area (Å²) in [5.74, 6) is 0. The van der Waals surface area contributed by atoms with Gasteiger partial charge in [0.25, 0.3) is 0 Å². The van der Waals surface area contributed by atoms with Crippen molar-refractivity contribution >= 4 is 23.2 Å². The highest BCUT2D eigenvalue weighted by atomic mass is 35.5. The third-order valence-corrected chi connectivity index (χ3v) is 4.81. The van der Waals surface area contributed by atoms with Crippen LogP contribution in [0.4, 0.5) is 0 Å². The fourth-order valence-electron chi connectivity index (χ4n) is 3.19. The second-order valence-electron chi connectivity index (χ2n) is 5.63. The molecule has 1 fully saturated rings. The Balaban J connectivity index is 2.17. The van der Waals surface area contributed by atoms with Crippen LogP contribution in [0.5, 0.6) is 0 Å². The largest absolute Gasteiger partial charge is 0.383 e. The molecule has 0 spiro atoms. The highest BCUT2D eigenvalue weighted by molar-refractivity contribution is 6.35. The van der Waals surface area contributed by atoms with Crippen LogP contribution in [-0.4, -0.2) is 26.8 Å². The number of ether oxygens (including phenoxy) is 1. The average molecular weight is 316 g/mol. The quantitative estimate of drug-likeness (QED) is 0.784. The smallest absolute Gasteiger partial charge is 0.0587 e. The lowest BCUT2D eigenvalue weighted by Crippen LogP contribution is -2.41. The van der Waals surface area contributed by atoms with E-state index in [9.17, 15) is 0 Å². The molecule has 1 saturated carbocycles. The first-order valence-electron chi connectivity index (χ1n) is 7.33. The highest BCUT2D eigenvalue weighted by Gasteiger charge is 2.35. The second-order valence-corrected chi connectivity index (χ2v) is 6.48. The summed E-state index contributed by atoms with van der Waals surface area (Å²) in [6.45, 7) is 2.58. The molecule has 1 N–H and O–H groups in total. The summed E-state index contributed by atoms with van der Waals surface area (Å²) in [6, 6.07) is 5.92. The van der Waals surface area contributed by atoms with E-state index in [-0.39, 0.29) is 5.41 Å². The van der Waals surface area contributed by atoms with Crippen molar-refractivity contribution in [3.8, 4) is 0 Å². The third-order valence-electron chi connectivity index (χ3n) is 4.26. The van der Waals surface area contributed by atoms with E-state index < -0.39 is 0 Å². The lowest BCUT2D eigenvalue weighted by molar-refractivity contribution is 0.192. The minimum absolute atomic E-state index is 0.146. The molecular weight excluding hydrogens is 293 g/mol. The molecule has 1 aliphatic rings. The Morgan fingerprint density at radius 3 is 2.60 bits per heavy atom. The lowest BCUT2D eigenvalue weighted by atomic mass is 9.69. The van der Waals surface area contributed by atoms with Gasteiger partial charge >= 0.3 is 0 Å². The van der Waals surface area contributed by atoms with Crippen molar-refractivity contribution in [2.45, 2.75) is 37.5 Å². The summed E-state index contributed by atoms with van der Waals surface area (Å²) in [5, 5.41) is 5.03. The predicted molar refractivity (Wildman–Crippen MR) is 86.0 cm³/mol. The maximum absolute atomic E-state index is 6.46. The molecule has 0 bridgehead atoms. The Kier molecular flexibility index (Phi) is 6.16. The second kappa shape index (κ2) is 7.65. The Hall–Kier alpha value is -0.280. The Morgan fingerprint density at radius 1 is 1.20 bits per heavy atom. The van der Waals surface area contributed by atoms with Gasteiger partial charge in [0.1, 0.15) is 0 Å². The lowest BCUT2D eigenvalue weighted by Gasteiger charge is -2.39. The molecule has 1 aromatic rings. The number of hydrogen-bond donors (Lipinski definition) is 1. The van der Waals surface area contributed by atoms with Crippen molar-refractivity contribution in [2.75, 3.05) is 26.8 Å². The molecule has 20 heavy (non-hydrogen) atoms. The molecule has 0 amide bonds. The van der Waals surface area contributed by atoms with E-state index in [1.807, 2.05) is 12.1 Å². The van der Waals surface area contributed by atoms with Crippen LogP contribution in [0.2, 0.25) is 10.0 Å². The van der Waals surface area contributed by atoms with E-state index >= 15 is 0 Å². The summed E-state index contributed by atoms with van der Waals surface area (Å²) in [4.78, 5) is 0. The minimum Gasteiger partial charge on any atom is -0.383 e. The van der Waals surface area contributed by atoms with Gasteiger partial charge in [-0.15, -0.1) is 0 Å². The van der Waals surface area contributed by atoms with Crippen LogP contribution in [0.1, 0.15) is 37.7 Å². The fourth-order valence-corrected chi connectivity index (χ4v) is 3.80. The first kappa shape index (κ1) is 16.1. The molecule has 1 aliphatic carbocycles. The van der Waals surface area contributed by atoms with Gasteiger partial charge in [-0.05, 0) is 30.5 Å². The average Bonchev–Trinajstić information content (AvgIpc) is 2.44. The minimum atomic E-state index is 0.146. The molecule has 0 aliphatic heterocycles. The molecule has 0 radical (unpaired) electrons. The monoisotopic (exact) mass is 315 g/mol. The van der Waals surface area contributed by atoms with Crippen molar-refractivity contribution in [3.63, 3.8) is 0 Å². The van der Waals surface area contributed by atoms with Crippen LogP contribution in [0.25, 0.3) is 0 Å². The Bertz CT molecular complexity index is 430. The summed E-state index contributed by atoms with van der Waals surface area (Å²) >= 11 is 12.5. The number of nitrogens with one attached hydrogen (secondary N) is 1. The Labute approximate surface area is 131 Å². The van der Waals surface area contributed by atoms with Crippen LogP contribution in [-0.2, 0) is 10.2 Å². The first-order valence-corrected chi connectivity index (χ1v) is 8.09. The molecule has 0 unspecified atom stereocenters. The number of rotatable bonds is 6. The molecule has 0 heterocycles. The van der Waals surface area contributed by atoms with Gasteiger partial charge in [0, 0.05) is 35.7 Å². The van der Waals surface area contributed by atoms with E-state index in [1.54, 1.807) is 7.11 Å². The van der Waals surface area contributed by atoms with Gasteiger partial charge in [0.2, 0.25) is 0 Å². The van der Waals surface area contributed by atoms with Gasteiger partial charge in [0.05, 0.1) is 6.61 Å². The zero-order valence-electron chi connectivity index (χ0n) is 12.1. The first-order chi connectivity index (χ1) is 9.68. The fraction of sp³-hybridized carbons (Fsp3) is 0.625. The van der Waals surface area contributed by atoms with Gasteiger partial charge < -0.3 is 10.1 Å². The Morgan fingerprint density at radius 2 is 1.95 bits per heavy atom. The number of halogens is 2.